The Labute approximate surface area is 74.5 Å². The van der Waals surface area contributed by atoms with E-state index in [4.69, 9.17) is 5.41 Å². The second kappa shape index (κ2) is 3.08. The largest absolute Gasteiger partial charge is 0.358 e. The van der Waals surface area contributed by atoms with Crippen molar-refractivity contribution in [3.05, 3.63) is 0 Å². The van der Waals surface area contributed by atoms with Crippen molar-refractivity contribution in [2.45, 2.75) is 45.1 Å². The highest BCUT2D eigenvalue weighted by Crippen LogP contribution is 2.33. The van der Waals surface area contributed by atoms with Crippen molar-refractivity contribution in [2.24, 2.45) is 5.92 Å². The van der Waals surface area contributed by atoms with Crippen molar-refractivity contribution in [1.82, 2.24) is 4.90 Å². The van der Waals surface area contributed by atoms with Crippen molar-refractivity contribution in [1.29, 1.82) is 5.41 Å². The summed E-state index contributed by atoms with van der Waals surface area (Å²) in [6.45, 7) is 3.43. The molecule has 2 aliphatic rings. The summed E-state index contributed by atoms with van der Waals surface area (Å²) in [4.78, 5) is 2.31. The van der Waals surface area contributed by atoms with E-state index in [-0.39, 0.29) is 0 Å². The van der Waals surface area contributed by atoms with Crippen molar-refractivity contribution < 1.29 is 0 Å². The van der Waals surface area contributed by atoms with Crippen LogP contribution in [0.4, 0.5) is 0 Å². The normalized spacial score (nSPS) is 27.4. The molecule has 1 saturated heterocycles. The molecular weight excluding hydrogens is 148 g/mol. The van der Waals surface area contributed by atoms with Crippen LogP contribution in [0.5, 0.6) is 0 Å². The van der Waals surface area contributed by atoms with Crippen LogP contribution in [0.1, 0.15) is 39.0 Å². The number of amidine groups is 1. The highest BCUT2D eigenvalue weighted by atomic mass is 15.2. The van der Waals surface area contributed by atoms with Crippen LogP contribution in [-0.4, -0.2) is 23.3 Å². The van der Waals surface area contributed by atoms with Crippen LogP contribution in [0.3, 0.4) is 0 Å². The Balaban J connectivity index is 1.93. The van der Waals surface area contributed by atoms with Crippen LogP contribution in [0, 0.1) is 11.3 Å². The van der Waals surface area contributed by atoms with Crippen LogP contribution in [0.2, 0.25) is 0 Å². The van der Waals surface area contributed by atoms with Gasteiger partial charge in [0.2, 0.25) is 0 Å². The van der Waals surface area contributed by atoms with Gasteiger partial charge in [0.1, 0.15) is 0 Å². The molecule has 2 heteroatoms. The fourth-order valence-electron chi connectivity index (χ4n) is 2.32. The van der Waals surface area contributed by atoms with Crippen molar-refractivity contribution in [3.63, 3.8) is 0 Å². The van der Waals surface area contributed by atoms with Gasteiger partial charge >= 0.3 is 0 Å². The average Bonchev–Trinajstić information content (AvgIpc) is 2.31. The standard InChI is InChI=1S/C10H18N2/c1-8(9-4-2-5-9)12-7-3-6-10(12)11/h8-9,11H,2-7H2,1H3. The Morgan fingerprint density at radius 1 is 1.42 bits per heavy atom. The number of rotatable bonds is 2. The Morgan fingerprint density at radius 2 is 2.17 bits per heavy atom. The van der Waals surface area contributed by atoms with Gasteiger partial charge < -0.3 is 4.90 Å². The average molecular weight is 166 g/mol. The Kier molecular flexibility index (Phi) is 2.07. The molecule has 2 nitrogen and oxygen atoms in total. The van der Waals surface area contributed by atoms with Crippen LogP contribution in [0.25, 0.3) is 0 Å². The SMILES string of the molecule is CC(C1CCC1)N1CCCC1=N. The number of hydrogen-bond donors (Lipinski definition) is 1. The molecule has 0 aromatic carbocycles. The Hall–Kier alpha value is -0.530. The molecule has 0 amide bonds. The zero-order valence-electron chi connectivity index (χ0n) is 7.84. The fourth-order valence-corrected chi connectivity index (χ4v) is 2.32. The van der Waals surface area contributed by atoms with E-state index in [1.165, 1.54) is 25.7 Å². The number of likely N-dealkylation sites (tertiary alicyclic amines) is 1. The molecule has 1 aliphatic carbocycles. The summed E-state index contributed by atoms with van der Waals surface area (Å²) >= 11 is 0. The van der Waals surface area contributed by atoms with Crippen LogP contribution < -0.4 is 0 Å². The Morgan fingerprint density at radius 3 is 2.58 bits per heavy atom. The van der Waals surface area contributed by atoms with Gasteiger partial charge in [-0.05, 0) is 32.1 Å². The monoisotopic (exact) mass is 166 g/mol. The minimum atomic E-state index is 0.647. The summed E-state index contributed by atoms with van der Waals surface area (Å²) in [7, 11) is 0. The van der Waals surface area contributed by atoms with Gasteiger partial charge in [0.05, 0.1) is 5.84 Å². The summed E-state index contributed by atoms with van der Waals surface area (Å²) in [5, 5.41) is 7.75. The predicted molar refractivity (Wildman–Crippen MR) is 50.5 cm³/mol. The number of nitrogens with one attached hydrogen (secondary N) is 1. The minimum absolute atomic E-state index is 0.647. The summed E-state index contributed by atoms with van der Waals surface area (Å²) in [5.41, 5.74) is 0. The second-order valence-corrected chi connectivity index (χ2v) is 4.18. The lowest BCUT2D eigenvalue weighted by atomic mass is 9.80. The topological polar surface area (TPSA) is 27.1 Å². The van der Waals surface area contributed by atoms with Gasteiger partial charge in [0.25, 0.3) is 0 Å². The van der Waals surface area contributed by atoms with E-state index in [0.29, 0.717) is 6.04 Å². The van der Waals surface area contributed by atoms with E-state index in [0.717, 1.165) is 24.7 Å². The molecule has 0 aromatic rings. The molecule has 1 N–H and O–H groups in total. The van der Waals surface area contributed by atoms with Crippen LogP contribution >= 0.6 is 0 Å². The summed E-state index contributed by atoms with van der Waals surface area (Å²) in [6.07, 6.45) is 6.42. The third-order valence-corrected chi connectivity index (χ3v) is 3.48. The maximum Gasteiger partial charge on any atom is 0.0960 e. The second-order valence-electron chi connectivity index (χ2n) is 4.18. The smallest absolute Gasteiger partial charge is 0.0960 e. The van der Waals surface area contributed by atoms with E-state index < -0.39 is 0 Å². The van der Waals surface area contributed by atoms with E-state index in [1.54, 1.807) is 0 Å². The lowest BCUT2D eigenvalue weighted by Crippen LogP contribution is -2.41. The molecular formula is C10H18N2. The maximum absolute atomic E-state index is 7.75. The molecule has 0 spiro atoms. The van der Waals surface area contributed by atoms with E-state index in [1.807, 2.05) is 0 Å². The molecule has 1 atom stereocenters. The highest BCUT2D eigenvalue weighted by Gasteiger charge is 2.31. The zero-order chi connectivity index (χ0) is 8.55. The van der Waals surface area contributed by atoms with E-state index in [2.05, 4.69) is 11.8 Å². The molecule has 12 heavy (non-hydrogen) atoms. The quantitative estimate of drug-likeness (QED) is 0.669. The molecule has 0 aromatic heterocycles. The number of hydrogen-bond acceptors (Lipinski definition) is 1. The van der Waals surface area contributed by atoms with Gasteiger partial charge in [0.15, 0.2) is 0 Å². The first-order chi connectivity index (χ1) is 5.79. The zero-order valence-corrected chi connectivity index (χ0v) is 7.84. The predicted octanol–water partition coefficient (Wildman–Crippen LogP) is 2.25. The van der Waals surface area contributed by atoms with Crippen molar-refractivity contribution in [3.8, 4) is 0 Å². The van der Waals surface area contributed by atoms with Crippen LogP contribution in [-0.2, 0) is 0 Å². The van der Waals surface area contributed by atoms with Gasteiger partial charge in [-0.3, -0.25) is 5.41 Å². The highest BCUT2D eigenvalue weighted by molar-refractivity contribution is 5.81. The summed E-state index contributed by atoms with van der Waals surface area (Å²) in [6, 6.07) is 0.647. The molecule has 2 fully saturated rings. The van der Waals surface area contributed by atoms with Crippen molar-refractivity contribution in [2.75, 3.05) is 6.54 Å². The molecule has 2 rings (SSSR count). The summed E-state index contributed by atoms with van der Waals surface area (Å²) in [5.74, 6) is 1.78. The van der Waals surface area contributed by atoms with Gasteiger partial charge in [0, 0.05) is 19.0 Å². The first-order valence-corrected chi connectivity index (χ1v) is 5.13. The van der Waals surface area contributed by atoms with Gasteiger partial charge in [-0.15, -0.1) is 0 Å². The number of nitrogens with zero attached hydrogens (tertiary/aromatic N) is 1. The molecule has 1 aliphatic heterocycles. The molecule has 68 valence electrons. The summed E-state index contributed by atoms with van der Waals surface area (Å²) < 4.78 is 0. The van der Waals surface area contributed by atoms with Crippen LogP contribution in [0.15, 0.2) is 0 Å². The van der Waals surface area contributed by atoms with E-state index >= 15 is 0 Å². The molecule has 1 unspecified atom stereocenters. The van der Waals surface area contributed by atoms with E-state index in [9.17, 15) is 0 Å². The molecule has 0 bridgehead atoms. The first kappa shape index (κ1) is 8.09. The third kappa shape index (κ3) is 1.23. The maximum atomic E-state index is 7.75. The molecule has 1 saturated carbocycles. The van der Waals surface area contributed by atoms with Gasteiger partial charge in [-0.1, -0.05) is 6.42 Å². The lowest BCUT2D eigenvalue weighted by Gasteiger charge is -2.38. The van der Waals surface area contributed by atoms with Gasteiger partial charge in [-0.2, -0.15) is 0 Å². The minimum Gasteiger partial charge on any atom is -0.358 e. The Bertz CT molecular complexity index is 184. The van der Waals surface area contributed by atoms with Gasteiger partial charge in [-0.25, -0.2) is 0 Å². The third-order valence-electron chi connectivity index (χ3n) is 3.48. The lowest BCUT2D eigenvalue weighted by molar-refractivity contribution is 0.174. The molecule has 0 radical (unpaired) electrons. The fraction of sp³-hybridized carbons (Fsp3) is 0.900. The van der Waals surface area contributed by atoms with Crippen molar-refractivity contribution >= 4 is 5.84 Å². The molecule has 1 heterocycles. The first-order valence-electron chi connectivity index (χ1n) is 5.13.